The van der Waals surface area contributed by atoms with E-state index in [9.17, 15) is 4.79 Å². The largest absolute Gasteiger partial charge is 0.465 e. The summed E-state index contributed by atoms with van der Waals surface area (Å²) in [5.74, 6) is 1.93. The van der Waals surface area contributed by atoms with Gasteiger partial charge in [0.15, 0.2) is 0 Å². The van der Waals surface area contributed by atoms with Crippen molar-refractivity contribution in [1.82, 2.24) is 34.7 Å². The van der Waals surface area contributed by atoms with Crippen molar-refractivity contribution >= 4 is 28.9 Å². The number of ether oxygens (including phenoxy) is 1. The number of nitrogens with zero attached hydrogens (tertiary/aromatic N) is 6. The summed E-state index contributed by atoms with van der Waals surface area (Å²) in [5.41, 5.74) is 4.56. The van der Waals surface area contributed by atoms with Crippen LogP contribution in [0.3, 0.4) is 0 Å². The number of carboxylic acid groups (broad SMARTS) is 1. The number of carbonyl (C=O) groups is 1. The van der Waals surface area contributed by atoms with Crippen molar-refractivity contribution in [3.63, 3.8) is 0 Å². The molecule has 0 unspecified atom stereocenters. The van der Waals surface area contributed by atoms with Gasteiger partial charge in [0.25, 0.3) is 0 Å². The minimum absolute atomic E-state index is 0.409. The molecule has 2 fully saturated rings. The standard InChI is InChI=1S/C26H28N8O3/c35-26(36)34-11-9-33(10-12-34)15-18-5-7-27-23(13-18)32-24-29-21-4-3-19(14-22(21)30-24)20-6-8-28-25(31-20)37-16-17-1-2-17/h3-8,13-14,17H,1-2,9-12,15-16H2,(H,35,36)(H2,27,29,30,32). The zero-order chi connectivity index (χ0) is 25.2. The Balaban J connectivity index is 1.12. The Bertz CT molecular complexity index is 1410. The molecule has 1 aromatic carbocycles. The molecule has 1 saturated heterocycles. The van der Waals surface area contributed by atoms with E-state index in [2.05, 4.69) is 35.1 Å². The van der Waals surface area contributed by atoms with Crippen molar-refractivity contribution in [2.24, 2.45) is 5.92 Å². The molecule has 3 aromatic heterocycles. The summed E-state index contributed by atoms with van der Waals surface area (Å²) in [6.07, 6.45) is 5.08. The number of benzene rings is 1. The van der Waals surface area contributed by atoms with Crippen molar-refractivity contribution in [2.75, 3.05) is 38.1 Å². The van der Waals surface area contributed by atoms with Gasteiger partial charge in [0, 0.05) is 50.7 Å². The first-order chi connectivity index (χ1) is 18.1. The van der Waals surface area contributed by atoms with Crippen molar-refractivity contribution in [3.8, 4) is 17.3 Å². The second-order valence-corrected chi connectivity index (χ2v) is 9.52. The van der Waals surface area contributed by atoms with Crippen LogP contribution in [0.5, 0.6) is 6.01 Å². The Morgan fingerprint density at radius 3 is 2.70 bits per heavy atom. The number of nitrogens with one attached hydrogen (secondary N) is 2. The average molecular weight is 501 g/mol. The molecular weight excluding hydrogens is 472 g/mol. The zero-order valence-corrected chi connectivity index (χ0v) is 20.3. The maximum Gasteiger partial charge on any atom is 0.407 e. The monoisotopic (exact) mass is 500 g/mol. The Kier molecular flexibility index (Phi) is 6.27. The van der Waals surface area contributed by atoms with Gasteiger partial charge >= 0.3 is 12.1 Å². The molecule has 1 aliphatic heterocycles. The molecule has 11 nitrogen and oxygen atoms in total. The third-order valence-corrected chi connectivity index (χ3v) is 6.68. The van der Waals surface area contributed by atoms with Gasteiger partial charge in [0.2, 0.25) is 5.95 Å². The van der Waals surface area contributed by atoms with Crippen LogP contribution < -0.4 is 10.1 Å². The molecule has 37 heavy (non-hydrogen) atoms. The highest BCUT2D eigenvalue weighted by molar-refractivity contribution is 5.83. The number of imidazole rings is 1. The summed E-state index contributed by atoms with van der Waals surface area (Å²) in [6.45, 7) is 3.88. The molecule has 1 amide bonds. The lowest BCUT2D eigenvalue weighted by molar-refractivity contribution is 0.103. The summed E-state index contributed by atoms with van der Waals surface area (Å²) >= 11 is 0. The molecule has 0 bridgehead atoms. The summed E-state index contributed by atoms with van der Waals surface area (Å²) in [7, 11) is 0. The first-order valence-corrected chi connectivity index (χ1v) is 12.5. The first kappa shape index (κ1) is 23.2. The minimum atomic E-state index is -0.854. The fraction of sp³-hybridized carbons (Fsp3) is 0.346. The normalized spacial score (nSPS) is 16.2. The van der Waals surface area contributed by atoms with E-state index in [-0.39, 0.29) is 0 Å². The molecule has 11 heteroatoms. The van der Waals surface area contributed by atoms with Crippen LogP contribution in [0.1, 0.15) is 18.4 Å². The molecule has 2 aliphatic rings. The van der Waals surface area contributed by atoms with Crippen LogP contribution in [0, 0.1) is 5.92 Å². The number of H-pyrrole nitrogens is 1. The summed E-state index contributed by atoms with van der Waals surface area (Å²) in [6, 6.07) is 12.2. The Morgan fingerprint density at radius 2 is 1.89 bits per heavy atom. The van der Waals surface area contributed by atoms with Crippen LogP contribution in [-0.2, 0) is 6.54 Å². The summed E-state index contributed by atoms with van der Waals surface area (Å²) < 4.78 is 5.73. The van der Waals surface area contributed by atoms with Crippen LogP contribution in [0.2, 0.25) is 0 Å². The number of aromatic amines is 1. The summed E-state index contributed by atoms with van der Waals surface area (Å²) in [4.78, 5) is 36.0. The van der Waals surface area contributed by atoms with Gasteiger partial charge in [-0.15, -0.1) is 0 Å². The third-order valence-electron chi connectivity index (χ3n) is 6.68. The fourth-order valence-electron chi connectivity index (χ4n) is 4.39. The van der Waals surface area contributed by atoms with Crippen LogP contribution in [0.25, 0.3) is 22.3 Å². The predicted octanol–water partition coefficient (Wildman–Crippen LogP) is 3.74. The topological polar surface area (TPSA) is 132 Å². The van der Waals surface area contributed by atoms with Crippen molar-refractivity contribution in [3.05, 3.63) is 54.4 Å². The molecule has 4 aromatic rings. The van der Waals surface area contributed by atoms with Gasteiger partial charge in [-0.25, -0.2) is 19.7 Å². The van der Waals surface area contributed by atoms with Gasteiger partial charge in [-0.2, -0.15) is 4.98 Å². The van der Waals surface area contributed by atoms with Gasteiger partial charge in [0.1, 0.15) is 5.82 Å². The van der Waals surface area contributed by atoms with E-state index in [1.165, 1.54) is 17.7 Å². The number of anilines is 2. The van der Waals surface area contributed by atoms with Crippen molar-refractivity contribution in [2.45, 2.75) is 19.4 Å². The molecule has 0 atom stereocenters. The van der Waals surface area contributed by atoms with Gasteiger partial charge in [-0.1, -0.05) is 6.07 Å². The van der Waals surface area contributed by atoms with E-state index in [0.717, 1.165) is 34.4 Å². The second-order valence-electron chi connectivity index (χ2n) is 9.52. The van der Waals surface area contributed by atoms with Crippen LogP contribution in [0.15, 0.2) is 48.8 Å². The number of aromatic nitrogens is 5. The van der Waals surface area contributed by atoms with Crippen molar-refractivity contribution < 1.29 is 14.6 Å². The molecule has 1 saturated carbocycles. The van der Waals surface area contributed by atoms with E-state index in [1.54, 1.807) is 12.4 Å². The van der Waals surface area contributed by atoms with Crippen LogP contribution >= 0.6 is 0 Å². The molecule has 190 valence electrons. The smallest absolute Gasteiger partial charge is 0.407 e. The average Bonchev–Trinajstić information content (AvgIpc) is 3.66. The lowest BCUT2D eigenvalue weighted by Gasteiger charge is -2.33. The number of piperazine rings is 1. The number of amides is 1. The van der Waals surface area contributed by atoms with E-state index < -0.39 is 6.09 Å². The van der Waals surface area contributed by atoms with Gasteiger partial charge in [-0.05, 0) is 54.7 Å². The van der Waals surface area contributed by atoms with Crippen LogP contribution in [-0.4, -0.2) is 78.7 Å². The molecule has 6 rings (SSSR count). The highest BCUT2D eigenvalue weighted by atomic mass is 16.5. The zero-order valence-electron chi connectivity index (χ0n) is 20.3. The maximum absolute atomic E-state index is 11.1. The highest BCUT2D eigenvalue weighted by Crippen LogP contribution is 2.29. The second kappa shape index (κ2) is 10.0. The van der Waals surface area contributed by atoms with Crippen LogP contribution in [0.4, 0.5) is 16.6 Å². The van der Waals surface area contributed by atoms with Crippen molar-refractivity contribution in [1.29, 1.82) is 0 Å². The molecule has 1 aliphatic carbocycles. The Morgan fingerprint density at radius 1 is 1.05 bits per heavy atom. The Hall–Kier alpha value is -4.25. The van der Waals surface area contributed by atoms with E-state index >= 15 is 0 Å². The number of hydrogen-bond acceptors (Lipinski definition) is 8. The fourth-order valence-corrected chi connectivity index (χ4v) is 4.39. The molecule has 0 spiro atoms. The van der Waals surface area contributed by atoms with Gasteiger partial charge in [-0.3, -0.25) is 4.90 Å². The molecule has 4 heterocycles. The first-order valence-electron chi connectivity index (χ1n) is 12.5. The number of fused-ring (bicyclic) bond motifs is 1. The van der Waals surface area contributed by atoms with E-state index in [0.29, 0.717) is 56.5 Å². The number of hydrogen-bond donors (Lipinski definition) is 3. The van der Waals surface area contributed by atoms with E-state index in [4.69, 9.17) is 9.84 Å². The van der Waals surface area contributed by atoms with Gasteiger partial charge in [0.05, 0.1) is 23.3 Å². The molecule has 3 N–H and O–H groups in total. The third kappa shape index (κ3) is 5.61. The van der Waals surface area contributed by atoms with E-state index in [1.807, 2.05) is 36.4 Å². The highest BCUT2D eigenvalue weighted by Gasteiger charge is 2.22. The minimum Gasteiger partial charge on any atom is -0.465 e. The molecule has 0 radical (unpaired) electrons. The lowest BCUT2D eigenvalue weighted by atomic mass is 10.1. The Labute approximate surface area is 213 Å². The lowest BCUT2D eigenvalue weighted by Crippen LogP contribution is -2.47. The maximum atomic E-state index is 11.1. The molecular formula is C26H28N8O3. The number of rotatable bonds is 8. The predicted molar refractivity (Wildman–Crippen MR) is 138 cm³/mol. The summed E-state index contributed by atoms with van der Waals surface area (Å²) in [5, 5.41) is 12.4. The number of pyridine rings is 1. The van der Waals surface area contributed by atoms with Gasteiger partial charge < -0.3 is 25.0 Å². The SMILES string of the molecule is O=C(O)N1CCN(Cc2ccnc(Nc3nc4ccc(-c5ccnc(OCC6CC6)n5)cc4[nH]3)c2)CC1. The quantitative estimate of drug-likeness (QED) is 0.331.